The zero-order valence-corrected chi connectivity index (χ0v) is 13.0. The van der Waals surface area contributed by atoms with Crippen LogP contribution in [0.15, 0.2) is 30.3 Å². The average Bonchev–Trinajstić information content (AvgIpc) is 2.34. The molecule has 5 nitrogen and oxygen atoms in total. The molecule has 112 valence electrons. The fourth-order valence-electron chi connectivity index (χ4n) is 1.61. The van der Waals surface area contributed by atoms with E-state index in [1.807, 2.05) is 51.1 Å². The predicted octanol–water partition coefficient (Wildman–Crippen LogP) is 1.06. The molecule has 0 bridgehead atoms. The van der Waals surface area contributed by atoms with E-state index in [2.05, 4.69) is 10.0 Å². The van der Waals surface area contributed by atoms with Crippen molar-refractivity contribution in [2.75, 3.05) is 12.3 Å². The molecule has 0 radical (unpaired) electrons. The SMILES string of the molecule is CC(C)(C)NC(=O)CNS(=O)(=O)CCc1ccccc1. The average molecular weight is 298 g/mol. The molecule has 20 heavy (non-hydrogen) atoms. The molecule has 1 aromatic carbocycles. The van der Waals surface area contributed by atoms with Crippen LogP contribution in [0.5, 0.6) is 0 Å². The van der Waals surface area contributed by atoms with Gasteiger partial charge in [-0.3, -0.25) is 4.79 Å². The largest absolute Gasteiger partial charge is 0.350 e. The standard InChI is InChI=1S/C14H22N2O3S/c1-14(2,3)16-13(17)11-15-20(18,19)10-9-12-7-5-4-6-8-12/h4-8,15H,9-11H2,1-3H3,(H,16,17). The highest BCUT2D eigenvalue weighted by Crippen LogP contribution is 2.01. The number of benzene rings is 1. The van der Waals surface area contributed by atoms with Crippen molar-refractivity contribution in [1.82, 2.24) is 10.0 Å². The Bertz CT molecular complexity index is 533. The molecule has 0 unspecified atom stereocenters. The van der Waals surface area contributed by atoms with Crippen molar-refractivity contribution in [3.05, 3.63) is 35.9 Å². The molecule has 0 spiro atoms. The van der Waals surface area contributed by atoms with Crippen molar-refractivity contribution in [2.24, 2.45) is 0 Å². The highest BCUT2D eigenvalue weighted by molar-refractivity contribution is 7.89. The predicted molar refractivity (Wildman–Crippen MR) is 79.8 cm³/mol. The van der Waals surface area contributed by atoms with Crippen LogP contribution in [-0.2, 0) is 21.2 Å². The van der Waals surface area contributed by atoms with Gasteiger partial charge < -0.3 is 5.32 Å². The molecule has 1 amide bonds. The lowest BCUT2D eigenvalue weighted by atomic mass is 10.1. The number of carbonyl (C=O) groups is 1. The second-order valence-corrected chi connectivity index (χ2v) is 7.60. The van der Waals surface area contributed by atoms with Crippen LogP contribution in [0, 0.1) is 0 Å². The summed E-state index contributed by atoms with van der Waals surface area (Å²) in [7, 11) is -3.44. The van der Waals surface area contributed by atoms with Gasteiger partial charge >= 0.3 is 0 Å². The number of nitrogens with one attached hydrogen (secondary N) is 2. The van der Waals surface area contributed by atoms with Gasteiger partial charge in [-0.05, 0) is 32.8 Å². The Labute approximate surface area is 120 Å². The third-order valence-corrected chi connectivity index (χ3v) is 3.80. The molecular weight excluding hydrogens is 276 g/mol. The summed E-state index contributed by atoms with van der Waals surface area (Å²) in [5.41, 5.74) is 0.587. The van der Waals surface area contributed by atoms with Crippen LogP contribution in [0.1, 0.15) is 26.3 Å². The van der Waals surface area contributed by atoms with Gasteiger partial charge in [-0.15, -0.1) is 0 Å². The highest BCUT2D eigenvalue weighted by atomic mass is 32.2. The van der Waals surface area contributed by atoms with Crippen LogP contribution in [0.4, 0.5) is 0 Å². The molecule has 1 rings (SSSR count). The zero-order chi connectivity index (χ0) is 15.2. The third-order valence-electron chi connectivity index (χ3n) is 2.47. The minimum absolute atomic E-state index is 0.0280. The monoisotopic (exact) mass is 298 g/mol. The number of hydrogen-bond donors (Lipinski definition) is 2. The summed E-state index contributed by atoms with van der Waals surface area (Å²) in [4.78, 5) is 11.5. The first-order chi connectivity index (χ1) is 9.18. The third kappa shape index (κ3) is 7.25. The molecule has 1 aromatic rings. The van der Waals surface area contributed by atoms with Crippen molar-refractivity contribution in [1.29, 1.82) is 0 Å². The summed E-state index contributed by atoms with van der Waals surface area (Å²) in [6.45, 7) is 5.30. The molecule has 0 fully saturated rings. The summed E-state index contributed by atoms with van der Waals surface area (Å²) in [6.07, 6.45) is 0.428. The second-order valence-electron chi connectivity index (χ2n) is 5.67. The molecule has 0 aromatic heterocycles. The van der Waals surface area contributed by atoms with Crippen molar-refractivity contribution in [3.8, 4) is 0 Å². The van der Waals surface area contributed by atoms with Crippen LogP contribution in [0.2, 0.25) is 0 Å². The van der Waals surface area contributed by atoms with Gasteiger partial charge in [-0.1, -0.05) is 30.3 Å². The van der Waals surface area contributed by atoms with E-state index in [4.69, 9.17) is 0 Å². The summed E-state index contributed by atoms with van der Waals surface area (Å²) in [6, 6.07) is 9.37. The van der Waals surface area contributed by atoms with Gasteiger partial charge in [0, 0.05) is 5.54 Å². The van der Waals surface area contributed by atoms with Crippen LogP contribution >= 0.6 is 0 Å². The topological polar surface area (TPSA) is 75.3 Å². The first-order valence-corrected chi connectivity index (χ1v) is 8.15. The van der Waals surface area contributed by atoms with Gasteiger partial charge in [-0.25, -0.2) is 13.1 Å². The molecule has 0 atom stereocenters. The molecule has 0 saturated heterocycles. The number of aryl methyl sites for hydroxylation is 1. The van der Waals surface area contributed by atoms with Gasteiger partial charge in [0.15, 0.2) is 0 Å². The summed E-state index contributed by atoms with van der Waals surface area (Å²) >= 11 is 0. The van der Waals surface area contributed by atoms with Crippen LogP contribution in [0.25, 0.3) is 0 Å². The van der Waals surface area contributed by atoms with E-state index < -0.39 is 10.0 Å². The van der Waals surface area contributed by atoms with Crippen molar-refractivity contribution < 1.29 is 13.2 Å². The van der Waals surface area contributed by atoms with E-state index in [1.165, 1.54) is 0 Å². The lowest BCUT2D eigenvalue weighted by Crippen LogP contribution is -2.46. The Hall–Kier alpha value is -1.40. The molecule has 0 saturated carbocycles. The molecule has 0 heterocycles. The maximum atomic E-state index is 11.8. The van der Waals surface area contributed by atoms with E-state index in [0.29, 0.717) is 6.42 Å². The Balaban J connectivity index is 2.40. The van der Waals surface area contributed by atoms with Crippen molar-refractivity contribution in [3.63, 3.8) is 0 Å². The number of hydrogen-bond acceptors (Lipinski definition) is 3. The van der Waals surface area contributed by atoms with Gasteiger partial charge in [0.2, 0.25) is 15.9 Å². The Kier molecular flexibility index (Phi) is 5.71. The molecule has 2 N–H and O–H groups in total. The van der Waals surface area contributed by atoms with Crippen LogP contribution in [0.3, 0.4) is 0 Å². The quantitative estimate of drug-likeness (QED) is 0.824. The van der Waals surface area contributed by atoms with Crippen LogP contribution < -0.4 is 10.0 Å². The van der Waals surface area contributed by atoms with E-state index in [0.717, 1.165) is 5.56 Å². The first kappa shape index (κ1) is 16.7. The highest BCUT2D eigenvalue weighted by Gasteiger charge is 2.16. The second kappa shape index (κ2) is 6.85. The molecule has 0 aliphatic heterocycles. The maximum absolute atomic E-state index is 11.8. The van der Waals surface area contributed by atoms with Gasteiger partial charge in [0.05, 0.1) is 12.3 Å². The lowest BCUT2D eigenvalue weighted by Gasteiger charge is -2.20. The zero-order valence-electron chi connectivity index (χ0n) is 12.1. The lowest BCUT2D eigenvalue weighted by molar-refractivity contribution is -0.121. The number of sulfonamides is 1. The molecule has 6 heteroatoms. The maximum Gasteiger partial charge on any atom is 0.235 e. The number of carbonyl (C=O) groups excluding carboxylic acids is 1. The number of rotatable bonds is 6. The van der Waals surface area contributed by atoms with E-state index >= 15 is 0 Å². The van der Waals surface area contributed by atoms with Crippen molar-refractivity contribution in [2.45, 2.75) is 32.7 Å². The summed E-state index contributed by atoms with van der Waals surface area (Å²) in [5, 5.41) is 2.70. The number of amides is 1. The van der Waals surface area contributed by atoms with Crippen LogP contribution in [-0.4, -0.2) is 32.2 Å². The molecular formula is C14H22N2O3S. The fourth-order valence-corrected chi connectivity index (χ4v) is 2.61. The minimum atomic E-state index is -3.44. The Morgan fingerprint density at radius 3 is 2.30 bits per heavy atom. The molecule has 0 aliphatic rings. The normalized spacial score (nSPS) is 12.2. The summed E-state index contributed by atoms with van der Waals surface area (Å²) in [5.74, 6) is -0.361. The van der Waals surface area contributed by atoms with Crippen molar-refractivity contribution >= 4 is 15.9 Å². The van der Waals surface area contributed by atoms with Gasteiger partial charge in [0.25, 0.3) is 0 Å². The van der Waals surface area contributed by atoms with E-state index in [-0.39, 0.29) is 23.7 Å². The Morgan fingerprint density at radius 2 is 1.75 bits per heavy atom. The fraction of sp³-hybridized carbons (Fsp3) is 0.500. The first-order valence-electron chi connectivity index (χ1n) is 6.50. The van der Waals surface area contributed by atoms with E-state index in [1.54, 1.807) is 0 Å². The van der Waals surface area contributed by atoms with Gasteiger partial charge in [0.1, 0.15) is 0 Å². The Morgan fingerprint density at radius 1 is 1.15 bits per heavy atom. The summed E-state index contributed by atoms with van der Waals surface area (Å²) < 4.78 is 25.9. The van der Waals surface area contributed by atoms with E-state index in [9.17, 15) is 13.2 Å². The minimum Gasteiger partial charge on any atom is -0.350 e. The van der Waals surface area contributed by atoms with Gasteiger partial charge in [-0.2, -0.15) is 0 Å². The smallest absolute Gasteiger partial charge is 0.235 e. The molecule has 0 aliphatic carbocycles.